The average Bonchev–Trinajstić information content (AvgIpc) is 3.04. The minimum atomic E-state index is -0.236. The summed E-state index contributed by atoms with van der Waals surface area (Å²) in [4.78, 5) is 13.2. The number of urea groups is 1. The Morgan fingerprint density at radius 3 is 2.57 bits per heavy atom. The molecule has 2 N–H and O–H groups in total. The van der Waals surface area contributed by atoms with Crippen LogP contribution in [-0.2, 0) is 0 Å². The van der Waals surface area contributed by atoms with Gasteiger partial charge in [-0.1, -0.05) is 18.2 Å². The number of anilines is 2. The van der Waals surface area contributed by atoms with Crippen molar-refractivity contribution >= 4 is 29.2 Å². The van der Waals surface area contributed by atoms with Gasteiger partial charge < -0.3 is 15.1 Å². The molecule has 1 aliphatic rings. The van der Waals surface area contributed by atoms with Gasteiger partial charge in [-0.15, -0.1) is 11.8 Å². The van der Waals surface area contributed by atoms with Crippen LogP contribution in [0.25, 0.3) is 22.5 Å². The number of amides is 2. The van der Waals surface area contributed by atoms with E-state index >= 15 is 0 Å². The lowest BCUT2D eigenvalue weighted by Crippen LogP contribution is -2.17. The summed E-state index contributed by atoms with van der Waals surface area (Å²) in [5, 5.41) is 5.83. The highest BCUT2D eigenvalue weighted by Crippen LogP contribution is 2.44. The summed E-state index contributed by atoms with van der Waals surface area (Å²) in [5.41, 5.74) is 4.47. The number of furan rings is 1. The first-order valence-electron chi connectivity index (χ1n) is 7.19. The number of hydrogen-bond donors (Lipinski definition) is 2. The summed E-state index contributed by atoms with van der Waals surface area (Å²) < 4.78 is 5.63. The van der Waals surface area contributed by atoms with Crippen molar-refractivity contribution in [2.24, 2.45) is 0 Å². The minimum absolute atomic E-state index is 0.236. The van der Waals surface area contributed by atoms with E-state index in [1.165, 1.54) is 0 Å². The number of para-hydroxylation sites is 1. The highest BCUT2D eigenvalue weighted by molar-refractivity contribution is 7.98. The molecule has 23 heavy (non-hydrogen) atoms. The summed E-state index contributed by atoms with van der Waals surface area (Å²) in [7, 11) is 0. The van der Waals surface area contributed by atoms with Crippen LogP contribution in [0.4, 0.5) is 16.2 Å². The van der Waals surface area contributed by atoms with Crippen LogP contribution in [0, 0.1) is 0 Å². The summed E-state index contributed by atoms with van der Waals surface area (Å²) in [5.74, 6) is 0.781. The highest BCUT2D eigenvalue weighted by Gasteiger charge is 2.23. The van der Waals surface area contributed by atoms with Crippen LogP contribution in [0.5, 0.6) is 0 Å². The van der Waals surface area contributed by atoms with Crippen molar-refractivity contribution < 1.29 is 9.21 Å². The van der Waals surface area contributed by atoms with E-state index < -0.39 is 0 Å². The minimum Gasteiger partial charge on any atom is -0.464 e. The van der Waals surface area contributed by atoms with Crippen molar-refractivity contribution in [3.8, 4) is 22.5 Å². The van der Waals surface area contributed by atoms with Gasteiger partial charge >= 0.3 is 6.03 Å². The van der Waals surface area contributed by atoms with Crippen molar-refractivity contribution in [1.29, 1.82) is 0 Å². The molecule has 0 saturated carbocycles. The van der Waals surface area contributed by atoms with E-state index in [2.05, 4.69) is 16.7 Å². The third-order valence-corrected chi connectivity index (χ3v) is 4.53. The standard InChI is InChI=1S/C18H14N2O2S/c1-23-11-9-13(16-7-4-8-22-16)17-12-5-2-3-6-14(12)19-18(21)20-15(17)10-11/h2-10H,1H3,(H2,19,20,21). The molecule has 0 fully saturated rings. The summed E-state index contributed by atoms with van der Waals surface area (Å²) in [6.45, 7) is 0. The third kappa shape index (κ3) is 2.39. The number of fused-ring (bicyclic) bond motifs is 3. The Morgan fingerprint density at radius 1 is 0.957 bits per heavy atom. The molecule has 1 aromatic heterocycles. The zero-order valence-electron chi connectivity index (χ0n) is 12.4. The van der Waals surface area contributed by atoms with Crippen LogP contribution in [-0.4, -0.2) is 12.3 Å². The Labute approximate surface area is 137 Å². The van der Waals surface area contributed by atoms with E-state index in [9.17, 15) is 4.79 Å². The fourth-order valence-corrected chi connectivity index (χ4v) is 3.31. The van der Waals surface area contributed by atoms with E-state index in [0.29, 0.717) is 0 Å². The Bertz CT molecular complexity index is 888. The lowest BCUT2D eigenvalue weighted by atomic mass is 9.95. The molecule has 4 nitrogen and oxygen atoms in total. The molecular formula is C18H14N2O2S. The van der Waals surface area contributed by atoms with Crippen molar-refractivity contribution in [3.63, 3.8) is 0 Å². The monoisotopic (exact) mass is 322 g/mol. The number of benzene rings is 2. The zero-order chi connectivity index (χ0) is 15.8. The number of hydrogen-bond acceptors (Lipinski definition) is 3. The first kappa shape index (κ1) is 14.0. The van der Waals surface area contributed by atoms with Crippen LogP contribution in [0.2, 0.25) is 0 Å². The first-order chi connectivity index (χ1) is 11.3. The number of thioether (sulfide) groups is 1. The molecule has 3 aromatic rings. The van der Waals surface area contributed by atoms with Gasteiger partial charge in [-0.3, -0.25) is 0 Å². The molecule has 0 saturated heterocycles. The average molecular weight is 322 g/mol. The predicted molar refractivity (Wildman–Crippen MR) is 94.0 cm³/mol. The molecule has 114 valence electrons. The number of rotatable bonds is 2. The maximum Gasteiger partial charge on any atom is 0.323 e. The van der Waals surface area contributed by atoms with Gasteiger partial charge in [0.05, 0.1) is 17.6 Å². The van der Waals surface area contributed by atoms with Gasteiger partial charge in [0.1, 0.15) is 5.76 Å². The van der Waals surface area contributed by atoms with Crippen LogP contribution >= 0.6 is 11.8 Å². The lowest BCUT2D eigenvalue weighted by Gasteiger charge is -2.14. The lowest BCUT2D eigenvalue weighted by molar-refractivity contribution is 0.262. The zero-order valence-corrected chi connectivity index (χ0v) is 13.2. The van der Waals surface area contributed by atoms with Crippen molar-refractivity contribution in [2.45, 2.75) is 4.90 Å². The molecule has 0 bridgehead atoms. The maximum atomic E-state index is 12.2. The molecule has 2 heterocycles. The molecule has 5 heteroatoms. The summed E-state index contributed by atoms with van der Waals surface area (Å²) >= 11 is 1.63. The van der Waals surface area contributed by atoms with Crippen molar-refractivity contribution in [3.05, 3.63) is 54.8 Å². The van der Waals surface area contributed by atoms with Gasteiger partial charge in [0.15, 0.2) is 0 Å². The van der Waals surface area contributed by atoms with Crippen LogP contribution < -0.4 is 10.6 Å². The molecule has 0 aliphatic carbocycles. The highest BCUT2D eigenvalue weighted by atomic mass is 32.2. The molecule has 0 radical (unpaired) electrons. The topological polar surface area (TPSA) is 54.3 Å². The summed E-state index contributed by atoms with van der Waals surface area (Å²) in [6.07, 6.45) is 3.67. The fraction of sp³-hybridized carbons (Fsp3) is 0.0556. The molecule has 1 aliphatic heterocycles. The number of nitrogens with one attached hydrogen (secondary N) is 2. The Kier molecular flexibility index (Phi) is 3.35. The van der Waals surface area contributed by atoms with Gasteiger partial charge in [-0.05, 0) is 36.6 Å². The molecule has 2 amide bonds. The van der Waals surface area contributed by atoms with E-state index in [-0.39, 0.29) is 6.03 Å². The second kappa shape index (κ2) is 5.52. The Morgan fingerprint density at radius 2 is 1.78 bits per heavy atom. The van der Waals surface area contributed by atoms with Crippen molar-refractivity contribution in [1.82, 2.24) is 0 Å². The molecule has 4 rings (SSSR count). The summed E-state index contributed by atoms with van der Waals surface area (Å²) in [6, 6.07) is 15.4. The molecule has 0 spiro atoms. The van der Waals surface area contributed by atoms with Crippen LogP contribution in [0.1, 0.15) is 0 Å². The second-order valence-electron chi connectivity index (χ2n) is 5.20. The van der Waals surface area contributed by atoms with Crippen LogP contribution in [0.3, 0.4) is 0 Å². The number of carbonyl (C=O) groups is 1. The van der Waals surface area contributed by atoms with Gasteiger partial charge in [0.25, 0.3) is 0 Å². The predicted octanol–water partition coefficient (Wildman–Crippen LogP) is 5.29. The normalized spacial score (nSPS) is 12.7. The van der Waals surface area contributed by atoms with Gasteiger partial charge in [0.2, 0.25) is 0 Å². The van der Waals surface area contributed by atoms with Gasteiger partial charge in [0, 0.05) is 21.6 Å². The smallest absolute Gasteiger partial charge is 0.323 e. The molecular weight excluding hydrogens is 308 g/mol. The second-order valence-corrected chi connectivity index (χ2v) is 6.08. The largest absolute Gasteiger partial charge is 0.464 e. The molecule has 0 unspecified atom stereocenters. The SMILES string of the molecule is CSc1cc2c(c(-c3ccco3)c1)-c1ccccc1NC(=O)N2. The van der Waals surface area contributed by atoms with E-state index in [0.717, 1.165) is 38.7 Å². The van der Waals surface area contributed by atoms with Crippen LogP contribution in [0.15, 0.2) is 64.1 Å². The molecule has 2 aromatic carbocycles. The Balaban J connectivity index is 2.07. The van der Waals surface area contributed by atoms with Gasteiger partial charge in [-0.2, -0.15) is 0 Å². The van der Waals surface area contributed by atoms with Gasteiger partial charge in [-0.25, -0.2) is 4.79 Å². The quantitative estimate of drug-likeness (QED) is 0.630. The fourth-order valence-electron chi connectivity index (χ4n) is 2.83. The first-order valence-corrected chi connectivity index (χ1v) is 8.42. The number of carbonyl (C=O) groups excluding carboxylic acids is 1. The molecule has 0 atom stereocenters. The van der Waals surface area contributed by atoms with E-state index in [1.54, 1.807) is 18.0 Å². The van der Waals surface area contributed by atoms with E-state index in [1.807, 2.05) is 48.7 Å². The van der Waals surface area contributed by atoms with Crippen molar-refractivity contribution in [2.75, 3.05) is 16.9 Å². The third-order valence-electron chi connectivity index (χ3n) is 3.83. The maximum absolute atomic E-state index is 12.2. The Hall–Kier alpha value is -2.66. The van der Waals surface area contributed by atoms with E-state index in [4.69, 9.17) is 4.42 Å².